The Labute approximate surface area is 113 Å². The van der Waals surface area contributed by atoms with Crippen molar-refractivity contribution in [3.63, 3.8) is 0 Å². The van der Waals surface area contributed by atoms with Gasteiger partial charge < -0.3 is 19.9 Å². The molecule has 7 nitrogen and oxygen atoms in total. The van der Waals surface area contributed by atoms with Crippen LogP contribution in [0.2, 0.25) is 0 Å². The minimum Gasteiger partial charge on any atom is -0.389 e. The molecule has 1 aromatic heterocycles. The molecule has 0 aliphatic rings. The fourth-order valence-corrected chi connectivity index (χ4v) is 1.51. The van der Waals surface area contributed by atoms with Gasteiger partial charge in [0.25, 0.3) is 0 Å². The Balaban J connectivity index is 1.93. The molecule has 1 rings (SSSR count). The molecule has 110 valence electrons. The summed E-state index contributed by atoms with van der Waals surface area (Å²) in [6, 6.07) is 0. The lowest BCUT2D eigenvalue weighted by molar-refractivity contribution is 0.00659. The van der Waals surface area contributed by atoms with Crippen molar-refractivity contribution in [2.45, 2.75) is 19.4 Å². The van der Waals surface area contributed by atoms with E-state index < -0.39 is 6.10 Å². The van der Waals surface area contributed by atoms with Gasteiger partial charge in [0.05, 0.1) is 25.9 Å². The maximum absolute atomic E-state index is 9.64. The zero-order valence-corrected chi connectivity index (χ0v) is 11.7. The average Bonchev–Trinajstić information content (AvgIpc) is 2.80. The maximum atomic E-state index is 9.64. The van der Waals surface area contributed by atoms with Crippen LogP contribution in [0.4, 0.5) is 0 Å². The van der Waals surface area contributed by atoms with Gasteiger partial charge in [-0.25, -0.2) is 4.98 Å². The van der Waals surface area contributed by atoms with Crippen molar-refractivity contribution in [2.24, 2.45) is 7.05 Å². The number of rotatable bonds is 11. The minimum atomic E-state index is -0.502. The molecule has 0 spiro atoms. The highest BCUT2D eigenvalue weighted by molar-refractivity contribution is 4.82. The van der Waals surface area contributed by atoms with E-state index in [-0.39, 0.29) is 0 Å². The van der Waals surface area contributed by atoms with Crippen LogP contribution in [-0.2, 0) is 22.9 Å². The third-order valence-electron chi connectivity index (χ3n) is 2.44. The third-order valence-corrected chi connectivity index (χ3v) is 2.44. The van der Waals surface area contributed by atoms with Gasteiger partial charge in [-0.3, -0.25) is 4.68 Å². The average molecular weight is 272 g/mol. The lowest BCUT2D eigenvalue weighted by Gasteiger charge is -2.12. The van der Waals surface area contributed by atoms with Crippen LogP contribution in [0.15, 0.2) is 6.33 Å². The molecule has 0 amide bonds. The summed E-state index contributed by atoms with van der Waals surface area (Å²) in [5.74, 6) is 0.803. The zero-order valence-electron chi connectivity index (χ0n) is 11.7. The molecule has 0 radical (unpaired) electrons. The van der Waals surface area contributed by atoms with Crippen molar-refractivity contribution >= 4 is 0 Å². The van der Waals surface area contributed by atoms with Crippen LogP contribution in [0.25, 0.3) is 0 Å². The summed E-state index contributed by atoms with van der Waals surface area (Å²) in [6.45, 7) is 5.28. The lowest BCUT2D eigenvalue weighted by Crippen LogP contribution is -2.32. The SMILES string of the molecule is CCOCCOCC(O)CNCCc1ncn(C)n1. The molecule has 0 aliphatic heterocycles. The predicted octanol–water partition coefficient (Wildman–Crippen LogP) is -0.639. The molecular weight excluding hydrogens is 248 g/mol. The van der Waals surface area contributed by atoms with E-state index in [0.29, 0.717) is 33.0 Å². The van der Waals surface area contributed by atoms with Gasteiger partial charge in [-0.15, -0.1) is 0 Å². The van der Waals surface area contributed by atoms with Crippen LogP contribution in [0.1, 0.15) is 12.7 Å². The second-order valence-corrected chi connectivity index (χ2v) is 4.21. The van der Waals surface area contributed by atoms with Crippen LogP contribution < -0.4 is 5.32 Å². The summed E-state index contributed by atoms with van der Waals surface area (Å²) < 4.78 is 12.1. The van der Waals surface area contributed by atoms with Gasteiger partial charge in [0.15, 0.2) is 5.82 Å². The summed E-state index contributed by atoms with van der Waals surface area (Å²) in [5, 5.41) is 17.0. The monoisotopic (exact) mass is 272 g/mol. The number of hydrogen-bond donors (Lipinski definition) is 2. The van der Waals surface area contributed by atoms with E-state index in [1.165, 1.54) is 0 Å². The molecule has 0 saturated heterocycles. The number of aryl methyl sites for hydroxylation is 1. The fourth-order valence-electron chi connectivity index (χ4n) is 1.51. The number of aliphatic hydroxyl groups is 1. The van der Waals surface area contributed by atoms with Crippen molar-refractivity contribution in [3.05, 3.63) is 12.2 Å². The summed E-state index contributed by atoms with van der Waals surface area (Å²) in [5.41, 5.74) is 0. The molecule has 0 saturated carbocycles. The Bertz CT molecular complexity index is 333. The van der Waals surface area contributed by atoms with Gasteiger partial charge in [-0.05, 0) is 6.92 Å². The Kier molecular flexibility index (Phi) is 8.31. The minimum absolute atomic E-state index is 0.321. The zero-order chi connectivity index (χ0) is 13.9. The van der Waals surface area contributed by atoms with E-state index >= 15 is 0 Å². The smallest absolute Gasteiger partial charge is 0.151 e. The largest absolute Gasteiger partial charge is 0.389 e. The highest BCUT2D eigenvalue weighted by Gasteiger charge is 2.04. The highest BCUT2D eigenvalue weighted by Crippen LogP contribution is 1.89. The Hall–Kier alpha value is -1.02. The standard InChI is InChI=1S/C12H24N4O3/c1-3-18-6-7-19-9-11(17)8-13-5-4-12-14-10-16(2)15-12/h10-11,13,17H,3-9H2,1-2H3. The number of aliphatic hydroxyl groups excluding tert-OH is 1. The predicted molar refractivity (Wildman–Crippen MR) is 70.9 cm³/mol. The first-order chi connectivity index (χ1) is 9.22. The van der Waals surface area contributed by atoms with E-state index in [4.69, 9.17) is 9.47 Å². The van der Waals surface area contributed by atoms with Gasteiger partial charge in [0, 0.05) is 33.2 Å². The Morgan fingerprint density at radius 3 is 2.89 bits per heavy atom. The molecule has 1 heterocycles. The number of aromatic nitrogens is 3. The summed E-state index contributed by atoms with van der Waals surface area (Å²) in [4.78, 5) is 4.12. The fraction of sp³-hybridized carbons (Fsp3) is 0.833. The summed E-state index contributed by atoms with van der Waals surface area (Å²) in [6.07, 6.45) is 1.92. The molecule has 7 heteroatoms. The van der Waals surface area contributed by atoms with Gasteiger partial charge in [0.2, 0.25) is 0 Å². The van der Waals surface area contributed by atoms with Crippen molar-refractivity contribution < 1.29 is 14.6 Å². The van der Waals surface area contributed by atoms with Crippen LogP contribution in [0.3, 0.4) is 0 Å². The van der Waals surface area contributed by atoms with Crippen molar-refractivity contribution in [1.82, 2.24) is 20.1 Å². The van der Waals surface area contributed by atoms with Gasteiger partial charge in [0.1, 0.15) is 6.33 Å². The van der Waals surface area contributed by atoms with Crippen LogP contribution >= 0.6 is 0 Å². The van der Waals surface area contributed by atoms with Crippen molar-refractivity contribution in [1.29, 1.82) is 0 Å². The molecule has 19 heavy (non-hydrogen) atoms. The molecule has 0 aliphatic carbocycles. The highest BCUT2D eigenvalue weighted by atomic mass is 16.5. The molecule has 0 bridgehead atoms. The molecule has 1 unspecified atom stereocenters. The molecule has 0 aromatic carbocycles. The van der Waals surface area contributed by atoms with Crippen LogP contribution in [0.5, 0.6) is 0 Å². The molecular formula is C12H24N4O3. The molecule has 0 fully saturated rings. The van der Waals surface area contributed by atoms with Crippen LogP contribution in [0, 0.1) is 0 Å². The van der Waals surface area contributed by atoms with E-state index in [0.717, 1.165) is 18.8 Å². The van der Waals surface area contributed by atoms with Crippen molar-refractivity contribution in [2.75, 3.05) is 39.5 Å². The normalized spacial score (nSPS) is 12.8. The van der Waals surface area contributed by atoms with E-state index in [9.17, 15) is 5.11 Å². The number of nitrogens with zero attached hydrogens (tertiary/aromatic N) is 3. The van der Waals surface area contributed by atoms with E-state index in [1.807, 2.05) is 14.0 Å². The maximum Gasteiger partial charge on any atom is 0.151 e. The van der Waals surface area contributed by atoms with E-state index in [2.05, 4.69) is 15.4 Å². The molecule has 1 aromatic rings. The molecule has 1 atom stereocenters. The lowest BCUT2D eigenvalue weighted by atomic mass is 10.3. The second-order valence-electron chi connectivity index (χ2n) is 4.21. The number of nitrogens with one attached hydrogen (secondary N) is 1. The Morgan fingerprint density at radius 1 is 1.42 bits per heavy atom. The van der Waals surface area contributed by atoms with E-state index in [1.54, 1.807) is 11.0 Å². The van der Waals surface area contributed by atoms with Crippen molar-refractivity contribution in [3.8, 4) is 0 Å². The summed E-state index contributed by atoms with van der Waals surface area (Å²) >= 11 is 0. The Morgan fingerprint density at radius 2 is 2.21 bits per heavy atom. The van der Waals surface area contributed by atoms with Gasteiger partial charge in [-0.1, -0.05) is 0 Å². The first kappa shape index (κ1) is 16.0. The number of hydrogen-bond acceptors (Lipinski definition) is 6. The third kappa shape index (κ3) is 7.89. The van der Waals surface area contributed by atoms with Crippen LogP contribution in [-0.4, -0.2) is 65.5 Å². The van der Waals surface area contributed by atoms with Gasteiger partial charge in [-0.2, -0.15) is 5.10 Å². The first-order valence-corrected chi connectivity index (χ1v) is 6.61. The quantitative estimate of drug-likeness (QED) is 0.522. The first-order valence-electron chi connectivity index (χ1n) is 6.61. The topological polar surface area (TPSA) is 81.4 Å². The second kappa shape index (κ2) is 9.85. The number of ether oxygens (including phenoxy) is 2. The summed E-state index contributed by atoms with van der Waals surface area (Å²) in [7, 11) is 1.84. The van der Waals surface area contributed by atoms with Gasteiger partial charge >= 0.3 is 0 Å². The molecule has 2 N–H and O–H groups in total.